The molecule has 41 heavy (non-hydrogen) atoms. The smallest absolute Gasteiger partial charge is 0.253 e. The molecule has 3 aromatic carbocycles. The van der Waals surface area contributed by atoms with Crippen molar-refractivity contribution in [2.24, 2.45) is 0 Å². The number of benzene rings is 3. The molecule has 2 heterocycles. The first-order valence-corrected chi connectivity index (χ1v) is 14.5. The van der Waals surface area contributed by atoms with Crippen LogP contribution in [0.4, 0.5) is 5.69 Å². The van der Waals surface area contributed by atoms with Gasteiger partial charge in [-0.1, -0.05) is 53.2 Å². The number of hydrogen-bond donors (Lipinski definition) is 1. The van der Waals surface area contributed by atoms with Crippen LogP contribution in [0.3, 0.4) is 0 Å². The summed E-state index contributed by atoms with van der Waals surface area (Å²) in [5.41, 5.74) is 3.00. The third kappa shape index (κ3) is 6.29. The Kier molecular flexibility index (Phi) is 9.02. The van der Waals surface area contributed by atoms with E-state index >= 15 is 0 Å². The number of nitrogens with one attached hydrogen (secondary N) is 1. The zero-order chi connectivity index (χ0) is 28.9. The lowest BCUT2D eigenvalue weighted by Gasteiger charge is -2.29. The highest BCUT2D eigenvalue weighted by Gasteiger charge is 2.25. The summed E-state index contributed by atoms with van der Waals surface area (Å²) in [5.74, 6) is 1.28. The third-order valence-electron chi connectivity index (χ3n) is 6.65. The minimum absolute atomic E-state index is 0.0264. The Bertz CT molecular complexity index is 1600. The summed E-state index contributed by atoms with van der Waals surface area (Å²) in [6.07, 6.45) is 1.86. The standard InChI is InChI=1S/C29H27Cl2N5O4S/c1-39-20-10-12-25(40-2)24(15-20)36-26(16-32-28(38)21-11-9-19(30)14-22(21)31)33-34-29(36)41-17-27(37)35-13-5-7-18-6-3-4-8-23(18)35/h3-4,6,8-12,14-15H,5,7,13,16-17H2,1-2H3,(H,32,38). The summed E-state index contributed by atoms with van der Waals surface area (Å²) in [5, 5.41) is 12.7. The Morgan fingerprint density at radius 1 is 1.00 bits per heavy atom. The van der Waals surface area contributed by atoms with Crippen LogP contribution in [0.2, 0.25) is 10.0 Å². The van der Waals surface area contributed by atoms with Crippen LogP contribution in [0.1, 0.15) is 28.2 Å². The van der Waals surface area contributed by atoms with E-state index in [2.05, 4.69) is 21.6 Å². The van der Waals surface area contributed by atoms with E-state index in [0.29, 0.717) is 39.7 Å². The van der Waals surface area contributed by atoms with Crippen molar-refractivity contribution in [3.63, 3.8) is 0 Å². The van der Waals surface area contributed by atoms with Crippen molar-refractivity contribution in [3.05, 3.63) is 87.7 Å². The van der Waals surface area contributed by atoms with Crippen molar-refractivity contribution in [2.75, 3.05) is 31.4 Å². The summed E-state index contributed by atoms with van der Waals surface area (Å²) in [7, 11) is 3.13. The third-order valence-corrected chi connectivity index (χ3v) is 8.11. The van der Waals surface area contributed by atoms with Crippen LogP contribution in [0.25, 0.3) is 5.69 Å². The van der Waals surface area contributed by atoms with E-state index in [1.165, 1.54) is 23.4 Å². The average molecular weight is 613 g/mol. The van der Waals surface area contributed by atoms with Gasteiger partial charge in [-0.2, -0.15) is 0 Å². The van der Waals surface area contributed by atoms with Gasteiger partial charge in [-0.25, -0.2) is 0 Å². The summed E-state index contributed by atoms with van der Waals surface area (Å²) < 4.78 is 12.8. The van der Waals surface area contributed by atoms with E-state index in [-0.39, 0.29) is 28.8 Å². The largest absolute Gasteiger partial charge is 0.497 e. The fourth-order valence-corrected chi connectivity index (χ4v) is 5.98. The Balaban J connectivity index is 1.43. The lowest BCUT2D eigenvalue weighted by atomic mass is 10.0. The lowest BCUT2D eigenvalue weighted by molar-refractivity contribution is -0.116. The quantitative estimate of drug-likeness (QED) is 0.246. The maximum atomic E-state index is 13.4. The molecule has 0 unspecified atom stereocenters. The number of carbonyl (C=O) groups is 2. The van der Waals surface area contributed by atoms with Gasteiger partial charge in [-0.05, 0) is 54.8 Å². The second kappa shape index (κ2) is 12.8. The second-order valence-electron chi connectivity index (χ2n) is 9.15. The van der Waals surface area contributed by atoms with E-state index in [0.717, 1.165) is 18.5 Å². The number of thioether (sulfide) groups is 1. The SMILES string of the molecule is COc1ccc(OC)c(-n2c(CNC(=O)c3ccc(Cl)cc3Cl)nnc2SCC(=O)N2CCCc3ccccc32)c1. The normalized spacial score (nSPS) is 12.5. The summed E-state index contributed by atoms with van der Waals surface area (Å²) in [6, 6.07) is 18.0. The van der Waals surface area contributed by atoms with Crippen molar-refractivity contribution in [3.8, 4) is 17.2 Å². The highest BCUT2D eigenvalue weighted by molar-refractivity contribution is 7.99. The molecule has 0 radical (unpaired) electrons. The van der Waals surface area contributed by atoms with Crippen LogP contribution in [0.15, 0.2) is 65.8 Å². The summed E-state index contributed by atoms with van der Waals surface area (Å²) in [4.78, 5) is 28.1. The fourth-order valence-electron chi connectivity index (χ4n) is 4.65. The van der Waals surface area contributed by atoms with Crippen molar-refractivity contribution < 1.29 is 19.1 Å². The number of hydrogen-bond acceptors (Lipinski definition) is 7. The molecule has 1 aliphatic rings. The van der Waals surface area contributed by atoms with Crippen LogP contribution in [0.5, 0.6) is 11.5 Å². The van der Waals surface area contributed by atoms with Crippen molar-refractivity contribution >= 4 is 52.5 Å². The van der Waals surface area contributed by atoms with Gasteiger partial charge in [-0.3, -0.25) is 14.2 Å². The molecule has 2 amide bonds. The molecule has 4 aromatic rings. The number of halogens is 2. The first-order chi connectivity index (χ1) is 19.9. The number of carbonyl (C=O) groups excluding carboxylic acids is 2. The number of para-hydroxylation sites is 1. The number of fused-ring (bicyclic) bond motifs is 1. The zero-order valence-electron chi connectivity index (χ0n) is 22.4. The Labute approximate surface area is 251 Å². The van der Waals surface area contributed by atoms with Gasteiger partial charge in [0.2, 0.25) is 5.91 Å². The number of aromatic nitrogens is 3. The van der Waals surface area contributed by atoms with Gasteiger partial charge in [-0.15, -0.1) is 10.2 Å². The highest BCUT2D eigenvalue weighted by Crippen LogP contribution is 2.33. The van der Waals surface area contributed by atoms with Gasteiger partial charge >= 0.3 is 0 Å². The van der Waals surface area contributed by atoms with Crippen molar-refractivity contribution in [2.45, 2.75) is 24.5 Å². The molecule has 0 saturated heterocycles. The molecule has 0 saturated carbocycles. The predicted molar refractivity (Wildman–Crippen MR) is 160 cm³/mol. The predicted octanol–water partition coefficient (Wildman–Crippen LogP) is 5.59. The summed E-state index contributed by atoms with van der Waals surface area (Å²) in [6.45, 7) is 0.691. The van der Waals surface area contributed by atoms with E-state index in [1.54, 1.807) is 49.1 Å². The highest BCUT2D eigenvalue weighted by atomic mass is 35.5. The molecule has 1 aromatic heterocycles. The van der Waals surface area contributed by atoms with Gasteiger partial charge in [0.1, 0.15) is 11.5 Å². The molecule has 12 heteroatoms. The first-order valence-electron chi connectivity index (χ1n) is 12.8. The van der Waals surface area contributed by atoms with E-state index in [1.807, 2.05) is 23.1 Å². The van der Waals surface area contributed by atoms with Crippen LogP contribution < -0.4 is 19.7 Å². The number of anilines is 1. The maximum absolute atomic E-state index is 13.4. The Morgan fingerprint density at radius 3 is 2.61 bits per heavy atom. The summed E-state index contributed by atoms with van der Waals surface area (Å²) >= 11 is 13.5. The Hall–Kier alpha value is -3.73. The number of nitrogens with zero attached hydrogens (tertiary/aromatic N) is 4. The van der Waals surface area contributed by atoms with Gasteiger partial charge in [0.05, 0.1) is 42.8 Å². The average Bonchev–Trinajstić information content (AvgIpc) is 3.40. The molecule has 5 rings (SSSR count). The molecular weight excluding hydrogens is 585 g/mol. The Morgan fingerprint density at radius 2 is 1.83 bits per heavy atom. The second-order valence-corrected chi connectivity index (χ2v) is 10.9. The molecule has 0 spiro atoms. The minimum Gasteiger partial charge on any atom is -0.497 e. The van der Waals surface area contributed by atoms with Gasteiger partial charge in [0.15, 0.2) is 11.0 Å². The number of methoxy groups -OCH3 is 2. The number of ether oxygens (including phenoxy) is 2. The minimum atomic E-state index is -0.396. The zero-order valence-corrected chi connectivity index (χ0v) is 24.7. The van der Waals surface area contributed by atoms with Crippen molar-refractivity contribution in [1.82, 2.24) is 20.1 Å². The molecule has 0 atom stereocenters. The van der Waals surface area contributed by atoms with Crippen LogP contribution >= 0.6 is 35.0 Å². The van der Waals surface area contributed by atoms with E-state index in [4.69, 9.17) is 32.7 Å². The van der Waals surface area contributed by atoms with Crippen LogP contribution in [-0.2, 0) is 17.8 Å². The number of aryl methyl sites for hydroxylation is 1. The fraction of sp³-hybridized carbons (Fsp3) is 0.241. The van der Waals surface area contributed by atoms with Crippen LogP contribution in [0, 0.1) is 0 Å². The first kappa shape index (κ1) is 28.8. The molecule has 212 valence electrons. The number of rotatable bonds is 9. The van der Waals surface area contributed by atoms with Gasteiger partial charge in [0, 0.05) is 23.3 Å². The molecule has 0 aliphatic carbocycles. The van der Waals surface area contributed by atoms with E-state index < -0.39 is 5.91 Å². The molecule has 1 aliphatic heterocycles. The molecule has 0 fully saturated rings. The van der Waals surface area contributed by atoms with Gasteiger partial charge < -0.3 is 19.7 Å². The monoisotopic (exact) mass is 611 g/mol. The van der Waals surface area contributed by atoms with E-state index in [9.17, 15) is 9.59 Å². The van der Waals surface area contributed by atoms with Crippen molar-refractivity contribution in [1.29, 1.82) is 0 Å². The molecule has 9 nitrogen and oxygen atoms in total. The number of amides is 2. The maximum Gasteiger partial charge on any atom is 0.253 e. The lowest BCUT2D eigenvalue weighted by Crippen LogP contribution is -2.36. The topological polar surface area (TPSA) is 98.6 Å². The molecule has 1 N–H and O–H groups in total. The van der Waals surface area contributed by atoms with Crippen LogP contribution in [-0.4, -0.2) is 53.1 Å². The molecular formula is C29H27Cl2N5O4S. The van der Waals surface area contributed by atoms with Gasteiger partial charge in [0.25, 0.3) is 5.91 Å². The molecule has 0 bridgehead atoms.